The van der Waals surface area contributed by atoms with Gasteiger partial charge in [-0.3, -0.25) is 9.59 Å². The highest BCUT2D eigenvalue weighted by molar-refractivity contribution is 5.89. The lowest BCUT2D eigenvalue weighted by Gasteiger charge is -2.27. The van der Waals surface area contributed by atoms with Gasteiger partial charge in [0.1, 0.15) is 6.04 Å². The zero-order chi connectivity index (χ0) is 14.3. The molecule has 0 aromatic heterocycles. The van der Waals surface area contributed by atoms with E-state index in [1.807, 2.05) is 0 Å². The van der Waals surface area contributed by atoms with Crippen LogP contribution in [0.4, 0.5) is 0 Å². The van der Waals surface area contributed by atoms with Gasteiger partial charge in [0.2, 0.25) is 11.8 Å². The summed E-state index contributed by atoms with van der Waals surface area (Å²) in [5.74, 6) is -0.521. The first-order valence-corrected chi connectivity index (χ1v) is 6.05. The minimum atomic E-state index is -0.671. The molecule has 3 N–H and O–H groups in total. The summed E-state index contributed by atoms with van der Waals surface area (Å²) in [6.07, 6.45) is 0. The van der Waals surface area contributed by atoms with Crippen molar-refractivity contribution in [3.8, 4) is 0 Å². The topological polar surface area (TPSA) is 89.9 Å². The van der Waals surface area contributed by atoms with E-state index < -0.39 is 11.5 Å². The van der Waals surface area contributed by atoms with Gasteiger partial charge in [0, 0.05) is 18.5 Å². The maximum Gasteiger partial charge on any atom is 0.245 e. The molecule has 106 valence electrons. The van der Waals surface area contributed by atoms with E-state index in [2.05, 4.69) is 5.32 Å². The van der Waals surface area contributed by atoms with E-state index in [1.165, 1.54) is 4.90 Å². The molecule has 0 rings (SSSR count). The van der Waals surface area contributed by atoms with Crippen LogP contribution < -0.4 is 5.32 Å². The van der Waals surface area contributed by atoms with E-state index in [0.717, 1.165) is 0 Å². The van der Waals surface area contributed by atoms with Crippen molar-refractivity contribution < 1.29 is 19.8 Å². The van der Waals surface area contributed by atoms with Gasteiger partial charge < -0.3 is 20.4 Å². The fraction of sp³-hybridized carbons (Fsp3) is 0.833. The van der Waals surface area contributed by atoms with Crippen LogP contribution in [0, 0.1) is 5.41 Å². The fourth-order valence-electron chi connectivity index (χ4n) is 1.32. The highest BCUT2D eigenvalue weighted by Crippen LogP contribution is 2.13. The lowest BCUT2D eigenvalue weighted by Crippen LogP contribution is -2.50. The van der Waals surface area contributed by atoms with Crippen molar-refractivity contribution in [2.75, 3.05) is 26.3 Å². The molecular weight excluding hydrogens is 236 g/mol. The first-order valence-electron chi connectivity index (χ1n) is 6.05. The van der Waals surface area contributed by atoms with Crippen molar-refractivity contribution in [1.29, 1.82) is 0 Å². The number of nitrogens with one attached hydrogen (secondary N) is 1. The molecule has 1 atom stereocenters. The largest absolute Gasteiger partial charge is 0.395 e. The van der Waals surface area contributed by atoms with Gasteiger partial charge in [-0.25, -0.2) is 0 Å². The molecule has 1 unspecified atom stereocenters. The molecule has 2 amide bonds. The summed E-state index contributed by atoms with van der Waals surface area (Å²) in [5, 5.41) is 20.3. The quantitative estimate of drug-likeness (QED) is 0.592. The van der Waals surface area contributed by atoms with E-state index in [1.54, 1.807) is 27.7 Å². The number of aliphatic hydroxyl groups excluding tert-OH is 2. The molecule has 6 nitrogen and oxygen atoms in total. The van der Waals surface area contributed by atoms with Crippen LogP contribution >= 0.6 is 0 Å². The molecule has 0 radical (unpaired) electrons. The average molecular weight is 260 g/mol. The average Bonchev–Trinajstić information content (AvgIpc) is 2.26. The number of amides is 2. The SMILES string of the molecule is CC(NC(=O)C(C)(C)C)C(=O)N(CCO)CCO. The van der Waals surface area contributed by atoms with E-state index in [9.17, 15) is 9.59 Å². The van der Waals surface area contributed by atoms with Crippen LogP contribution in [0.1, 0.15) is 27.7 Å². The van der Waals surface area contributed by atoms with Gasteiger partial charge in [-0.05, 0) is 6.92 Å². The molecule has 0 saturated heterocycles. The van der Waals surface area contributed by atoms with E-state index in [0.29, 0.717) is 0 Å². The Kier molecular flexibility index (Phi) is 6.86. The Bertz CT molecular complexity index is 280. The molecule has 0 bridgehead atoms. The number of hydrogen-bond donors (Lipinski definition) is 3. The molecule has 0 aliphatic rings. The zero-order valence-electron chi connectivity index (χ0n) is 11.6. The second-order valence-corrected chi connectivity index (χ2v) is 5.22. The van der Waals surface area contributed by atoms with Gasteiger partial charge >= 0.3 is 0 Å². The summed E-state index contributed by atoms with van der Waals surface area (Å²) in [6, 6.07) is -0.671. The number of carbonyl (C=O) groups excluding carboxylic acids is 2. The first-order chi connectivity index (χ1) is 8.23. The Balaban J connectivity index is 4.52. The highest BCUT2D eigenvalue weighted by atomic mass is 16.3. The lowest BCUT2D eigenvalue weighted by molar-refractivity contribution is -0.138. The molecule has 0 spiro atoms. The number of carbonyl (C=O) groups is 2. The minimum Gasteiger partial charge on any atom is -0.395 e. The Morgan fingerprint density at radius 3 is 1.94 bits per heavy atom. The van der Waals surface area contributed by atoms with E-state index >= 15 is 0 Å². The molecule has 6 heteroatoms. The Labute approximate surface area is 108 Å². The maximum atomic E-state index is 12.0. The fourth-order valence-corrected chi connectivity index (χ4v) is 1.32. The summed E-state index contributed by atoms with van der Waals surface area (Å²) in [6.45, 7) is 6.82. The predicted molar refractivity (Wildman–Crippen MR) is 67.8 cm³/mol. The van der Waals surface area contributed by atoms with Gasteiger partial charge in [0.15, 0.2) is 0 Å². The molecule has 0 fully saturated rings. The molecule has 0 aromatic rings. The second kappa shape index (κ2) is 7.33. The first kappa shape index (κ1) is 16.9. The summed E-state index contributed by atoms with van der Waals surface area (Å²) in [7, 11) is 0. The van der Waals surface area contributed by atoms with Crippen LogP contribution in [0.5, 0.6) is 0 Å². The Morgan fingerprint density at radius 1 is 1.17 bits per heavy atom. The third kappa shape index (κ3) is 5.46. The second-order valence-electron chi connectivity index (χ2n) is 5.22. The maximum absolute atomic E-state index is 12.0. The van der Waals surface area contributed by atoms with Crippen molar-refractivity contribution in [3.05, 3.63) is 0 Å². The predicted octanol–water partition coefficient (Wildman–Crippen LogP) is -0.650. The van der Waals surface area contributed by atoms with Gasteiger partial charge in [0.05, 0.1) is 13.2 Å². The third-order valence-corrected chi connectivity index (χ3v) is 2.45. The van der Waals surface area contributed by atoms with Crippen molar-refractivity contribution in [1.82, 2.24) is 10.2 Å². The van der Waals surface area contributed by atoms with Crippen LogP contribution in [-0.4, -0.2) is 59.3 Å². The summed E-state index contributed by atoms with van der Waals surface area (Å²) in [5.41, 5.74) is -0.562. The number of hydrogen-bond acceptors (Lipinski definition) is 4. The van der Waals surface area contributed by atoms with Crippen LogP contribution in [0.2, 0.25) is 0 Å². The summed E-state index contributed by atoms with van der Waals surface area (Å²) in [4.78, 5) is 25.0. The van der Waals surface area contributed by atoms with Crippen LogP contribution in [0.15, 0.2) is 0 Å². The molecule has 0 heterocycles. The summed E-state index contributed by atoms with van der Waals surface area (Å²) < 4.78 is 0. The molecule has 0 saturated carbocycles. The van der Waals surface area contributed by atoms with Crippen molar-refractivity contribution in [2.24, 2.45) is 5.41 Å². The number of rotatable bonds is 6. The van der Waals surface area contributed by atoms with Gasteiger partial charge in [-0.15, -0.1) is 0 Å². The molecule has 0 aliphatic carbocycles. The smallest absolute Gasteiger partial charge is 0.245 e. The van der Waals surface area contributed by atoms with Gasteiger partial charge in [0.25, 0.3) is 0 Å². The van der Waals surface area contributed by atoms with Crippen LogP contribution in [-0.2, 0) is 9.59 Å². The van der Waals surface area contributed by atoms with Crippen molar-refractivity contribution in [3.63, 3.8) is 0 Å². The van der Waals surface area contributed by atoms with Gasteiger partial charge in [-0.2, -0.15) is 0 Å². The number of aliphatic hydroxyl groups is 2. The molecule has 0 aromatic carbocycles. The summed E-state index contributed by atoms with van der Waals surface area (Å²) >= 11 is 0. The van der Waals surface area contributed by atoms with Crippen LogP contribution in [0.3, 0.4) is 0 Å². The monoisotopic (exact) mass is 260 g/mol. The van der Waals surface area contributed by atoms with E-state index in [-0.39, 0.29) is 38.1 Å². The zero-order valence-corrected chi connectivity index (χ0v) is 11.6. The Hall–Kier alpha value is -1.14. The Morgan fingerprint density at radius 2 is 1.61 bits per heavy atom. The van der Waals surface area contributed by atoms with Crippen LogP contribution in [0.25, 0.3) is 0 Å². The highest BCUT2D eigenvalue weighted by Gasteiger charge is 2.27. The standard InChI is InChI=1S/C12H24N2O4/c1-9(13-11(18)12(2,3)4)10(17)14(5-7-15)6-8-16/h9,15-16H,5-8H2,1-4H3,(H,13,18). The van der Waals surface area contributed by atoms with Crippen molar-refractivity contribution >= 4 is 11.8 Å². The van der Waals surface area contributed by atoms with Gasteiger partial charge in [-0.1, -0.05) is 20.8 Å². The van der Waals surface area contributed by atoms with Crippen molar-refractivity contribution in [2.45, 2.75) is 33.7 Å². The third-order valence-electron chi connectivity index (χ3n) is 2.45. The molecule has 0 aliphatic heterocycles. The minimum absolute atomic E-state index is 0.148. The normalized spacial score (nSPS) is 13.0. The number of nitrogens with zero attached hydrogens (tertiary/aromatic N) is 1. The molecule has 18 heavy (non-hydrogen) atoms. The molecular formula is C12H24N2O4. The van der Waals surface area contributed by atoms with E-state index in [4.69, 9.17) is 10.2 Å². The lowest BCUT2D eigenvalue weighted by atomic mass is 9.95.